The zero-order valence-corrected chi connectivity index (χ0v) is 13.7. The second-order valence-electron chi connectivity index (χ2n) is 6.75. The number of aromatic nitrogens is 1. The first-order chi connectivity index (χ1) is 10.5. The van der Waals surface area contributed by atoms with E-state index in [1.54, 1.807) is 12.4 Å². The Bertz CT molecular complexity index is 555. The van der Waals surface area contributed by atoms with Crippen molar-refractivity contribution in [3.8, 4) is 0 Å². The molecule has 120 valence electrons. The number of likely N-dealkylation sites (tertiary alicyclic amines) is 2. The zero-order chi connectivity index (χ0) is 15.7. The number of carbonyl (C=O) groups is 1. The number of carbonyl (C=O) groups excluding carboxylic acids is 1. The number of hydrogen-bond donors (Lipinski definition) is 0. The smallest absolute Gasteiger partial charge is 0.255 e. The molecule has 22 heavy (non-hydrogen) atoms. The van der Waals surface area contributed by atoms with Crippen LogP contribution < -0.4 is 0 Å². The highest BCUT2D eigenvalue weighted by atomic mass is 16.5. The molecule has 3 rings (SSSR count). The van der Waals surface area contributed by atoms with E-state index in [9.17, 15) is 4.79 Å². The van der Waals surface area contributed by atoms with E-state index in [1.807, 2.05) is 24.8 Å². The summed E-state index contributed by atoms with van der Waals surface area (Å²) in [6.07, 6.45) is 4.56. The van der Waals surface area contributed by atoms with E-state index in [4.69, 9.17) is 4.74 Å². The van der Waals surface area contributed by atoms with Gasteiger partial charge in [0, 0.05) is 38.6 Å². The molecule has 1 spiro atoms. The third-order valence-corrected chi connectivity index (χ3v) is 4.95. The number of likely N-dealkylation sites (N-methyl/N-ethyl adjacent to an activating group) is 1. The van der Waals surface area contributed by atoms with E-state index in [2.05, 4.69) is 16.9 Å². The van der Waals surface area contributed by atoms with Gasteiger partial charge in [-0.05, 0) is 44.9 Å². The van der Waals surface area contributed by atoms with Gasteiger partial charge < -0.3 is 9.64 Å². The van der Waals surface area contributed by atoms with Crippen LogP contribution in [0.5, 0.6) is 0 Å². The van der Waals surface area contributed by atoms with Crippen LogP contribution in [0.1, 0.15) is 29.3 Å². The molecule has 2 aliphatic rings. The maximum Gasteiger partial charge on any atom is 0.255 e. The number of rotatable bonds is 4. The van der Waals surface area contributed by atoms with Crippen LogP contribution >= 0.6 is 0 Å². The molecule has 2 saturated heterocycles. The van der Waals surface area contributed by atoms with Gasteiger partial charge in [-0.1, -0.05) is 0 Å². The van der Waals surface area contributed by atoms with Gasteiger partial charge in [0.15, 0.2) is 0 Å². The molecular weight excluding hydrogens is 278 g/mol. The van der Waals surface area contributed by atoms with Crippen molar-refractivity contribution in [2.24, 2.45) is 5.92 Å². The molecule has 0 bridgehead atoms. The summed E-state index contributed by atoms with van der Waals surface area (Å²) < 4.78 is 5.57. The summed E-state index contributed by atoms with van der Waals surface area (Å²) in [5.74, 6) is 0.686. The molecule has 2 fully saturated rings. The Balaban J connectivity index is 1.60. The fourth-order valence-corrected chi connectivity index (χ4v) is 3.77. The Morgan fingerprint density at radius 1 is 1.45 bits per heavy atom. The van der Waals surface area contributed by atoms with Gasteiger partial charge in [-0.15, -0.1) is 0 Å². The largest absolute Gasteiger partial charge is 0.381 e. The minimum Gasteiger partial charge on any atom is -0.381 e. The average molecular weight is 303 g/mol. The number of hydrogen-bond acceptors (Lipinski definition) is 4. The highest BCUT2D eigenvalue weighted by molar-refractivity contribution is 5.94. The second-order valence-corrected chi connectivity index (χ2v) is 6.75. The van der Waals surface area contributed by atoms with Crippen LogP contribution in [0.2, 0.25) is 0 Å². The third-order valence-electron chi connectivity index (χ3n) is 4.95. The highest BCUT2D eigenvalue weighted by Crippen LogP contribution is 2.39. The molecule has 1 aromatic rings. The molecule has 0 radical (unpaired) electrons. The molecule has 0 saturated carbocycles. The summed E-state index contributed by atoms with van der Waals surface area (Å²) in [7, 11) is 2.17. The van der Waals surface area contributed by atoms with Crippen molar-refractivity contribution in [2.75, 3.05) is 39.9 Å². The molecule has 0 N–H and O–H groups in total. The van der Waals surface area contributed by atoms with E-state index >= 15 is 0 Å². The summed E-state index contributed by atoms with van der Waals surface area (Å²) in [4.78, 5) is 21.0. The summed E-state index contributed by atoms with van der Waals surface area (Å²) in [5.41, 5.74) is 1.88. The van der Waals surface area contributed by atoms with Crippen LogP contribution in [0.25, 0.3) is 0 Å². The van der Waals surface area contributed by atoms with Gasteiger partial charge in [0.1, 0.15) is 0 Å². The lowest BCUT2D eigenvalue weighted by molar-refractivity contribution is -0.00797. The van der Waals surface area contributed by atoms with Gasteiger partial charge in [0.2, 0.25) is 0 Å². The molecule has 2 aliphatic heterocycles. The van der Waals surface area contributed by atoms with E-state index in [1.165, 1.54) is 0 Å². The molecule has 0 aromatic carbocycles. The lowest BCUT2D eigenvalue weighted by Gasteiger charge is -2.52. The van der Waals surface area contributed by atoms with Crippen molar-refractivity contribution in [3.05, 3.63) is 29.6 Å². The summed E-state index contributed by atoms with van der Waals surface area (Å²) >= 11 is 0. The Hall–Kier alpha value is -1.46. The molecule has 5 nitrogen and oxygen atoms in total. The lowest BCUT2D eigenvalue weighted by Crippen LogP contribution is -2.68. The monoisotopic (exact) mass is 303 g/mol. The van der Waals surface area contributed by atoms with Crippen molar-refractivity contribution >= 4 is 5.91 Å². The van der Waals surface area contributed by atoms with Crippen molar-refractivity contribution in [1.29, 1.82) is 0 Å². The minimum absolute atomic E-state index is 0.100. The molecule has 5 heteroatoms. The van der Waals surface area contributed by atoms with Gasteiger partial charge in [0.05, 0.1) is 17.7 Å². The standard InChI is InChI=1S/C17H25N3O2/c1-4-22-10-14-6-17(19(3)9-14)11-20(12-17)16(21)15-5-13(2)7-18-8-15/h5,7-8,14H,4,6,9-12H2,1-3H3. The van der Waals surface area contributed by atoms with Gasteiger partial charge in [-0.25, -0.2) is 0 Å². The van der Waals surface area contributed by atoms with Crippen LogP contribution in [0.4, 0.5) is 0 Å². The summed E-state index contributed by atoms with van der Waals surface area (Å²) in [6, 6.07) is 1.91. The fraction of sp³-hybridized carbons (Fsp3) is 0.647. The van der Waals surface area contributed by atoms with Crippen LogP contribution in [0.15, 0.2) is 18.5 Å². The topological polar surface area (TPSA) is 45.7 Å². The number of pyridine rings is 1. The van der Waals surface area contributed by atoms with Crippen LogP contribution in [0.3, 0.4) is 0 Å². The van der Waals surface area contributed by atoms with E-state index in [-0.39, 0.29) is 11.4 Å². The van der Waals surface area contributed by atoms with Crippen molar-refractivity contribution in [2.45, 2.75) is 25.8 Å². The normalized spacial score (nSPS) is 23.8. The van der Waals surface area contributed by atoms with Gasteiger partial charge in [0.25, 0.3) is 5.91 Å². The Kier molecular flexibility index (Phi) is 4.19. The van der Waals surface area contributed by atoms with Crippen LogP contribution in [-0.2, 0) is 4.74 Å². The van der Waals surface area contributed by atoms with Crippen LogP contribution in [-0.4, -0.2) is 66.1 Å². The molecule has 0 aliphatic carbocycles. The molecular formula is C17H25N3O2. The first-order valence-corrected chi connectivity index (χ1v) is 8.04. The van der Waals surface area contributed by atoms with Crippen molar-refractivity contribution in [3.63, 3.8) is 0 Å². The number of aryl methyl sites for hydroxylation is 1. The quantitative estimate of drug-likeness (QED) is 0.847. The van der Waals surface area contributed by atoms with E-state index in [0.29, 0.717) is 11.5 Å². The summed E-state index contributed by atoms with van der Waals surface area (Å²) in [5, 5.41) is 0. The van der Waals surface area contributed by atoms with Crippen LogP contribution in [0, 0.1) is 12.8 Å². The molecule has 1 amide bonds. The maximum atomic E-state index is 12.5. The zero-order valence-electron chi connectivity index (χ0n) is 13.7. The Morgan fingerprint density at radius 2 is 2.23 bits per heavy atom. The molecule has 3 heterocycles. The number of nitrogens with zero attached hydrogens (tertiary/aromatic N) is 3. The summed E-state index contributed by atoms with van der Waals surface area (Å²) in [6.45, 7) is 8.31. The van der Waals surface area contributed by atoms with Crippen molar-refractivity contribution < 1.29 is 9.53 Å². The third kappa shape index (κ3) is 2.75. The van der Waals surface area contributed by atoms with Gasteiger partial charge >= 0.3 is 0 Å². The van der Waals surface area contributed by atoms with Gasteiger partial charge in [-0.2, -0.15) is 0 Å². The molecule has 1 aromatic heterocycles. The maximum absolute atomic E-state index is 12.5. The first kappa shape index (κ1) is 15.4. The van der Waals surface area contributed by atoms with Crippen molar-refractivity contribution in [1.82, 2.24) is 14.8 Å². The van der Waals surface area contributed by atoms with E-state index < -0.39 is 0 Å². The Morgan fingerprint density at radius 3 is 2.91 bits per heavy atom. The second kappa shape index (κ2) is 5.97. The predicted octanol–water partition coefficient (Wildman–Crippen LogP) is 1.57. The van der Waals surface area contributed by atoms with E-state index in [0.717, 1.165) is 44.8 Å². The average Bonchev–Trinajstić information content (AvgIpc) is 2.79. The van der Waals surface area contributed by atoms with Gasteiger partial charge in [-0.3, -0.25) is 14.7 Å². The SMILES string of the molecule is CCOCC1CN(C)C2(C1)CN(C(=O)c1cncc(C)c1)C2. The first-order valence-electron chi connectivity index (χ1n) is 8.04. The lowest BCUT2D eigenvalue weighted by atomic mass is 9.84. The molecule has 1 atom stereocenters. The Labute approximate surface area is 132 Å². The fourth-order valence-electron chi connectivity index (χ4n) is 3.77. The number of amides is 1. The number of ether oxygens (including phenoxy) is 1. The highest BCUT2D eigenvalue weighted by Gasteiger charge is 2.53. The minimum atomic E-state index is 0.100. The molecule has 1 unspecified atom stereocenters. The predicted molar refractivity (Wildman–Crippen MR) is 84.8 cm³/mol.